The van der Waals surface area contributed by atoms with Crippen LogP contribution in [-0.4, -0.2) is 47.6 Å². The fraction of sp³-hybridized carbons (Fsp3) is 0.600. The van der Waals surface area contributed by atoms with Crippen molar-refractivity contribution in [3.05, 3.63) is 22.3 Å². The summed E-state index contributed by atoms with van der Waals surface area (Å²) in [5.41, 5.74) is -2.22. The molecule has 6 heteroatoms. The number of rotatable bonds is 1. The van der Waals surface area contributed by atoms with Crippen molar-refractivity contribution in [3.8, 4) is 0 Å². The van der Waals surface area contributed by atoms with E-state index >= 15 is 0 Å². The molecule has 0 unspecified atom stereocenters. The first-order valence-corrected chi connectivity index (χ1v) is 6.63. The molecule has 0 radical (unpaired) electrons. The van der Waals surface area contributed by atoms with Crippen LogP contribution < -0.4 is 4.90 Å². The number of pyridine rings is 1. The summed E-state index contributed by atoms with van der Waals surface area (Å²) in [6.07, 6.45) is -1.68. The van der Waals surface area contributed by atoms with Gasteiger partial charge < -0.3 is 14.5 Å². The number of hydrogen-bond donors (Lipinski definition) is 0. The molecule has 1 aliphatic rings. The number of carbonyl (C=O) groups is 1. The van der Waals surface area contributed by atoms with E-state index in [1.807, 2.05) is 0 Å². The normalized spacial score (nSPS) is 35.3. The molecule has 1 aromatic rings. The van der Waals surface area contributed by atoms with Crippen LogP contribution in [0.25, 0.3) is 0 Å². The third-order valence-electron chi connectivity index (χ3n) is 2.00. The maximum absolute atomic E-state index is 12.7. The van der Waals surface area contributed by atoms with Crippen molar-refractivity contribution in [1.82, 2.24) is 9.88 Å². The molecule has 21 heavy (non-hydrogen) atoms. The third-order valence-corrected chi connectivity index (χ3v) is 2.40. The molecule has 0 atom stereocenters. The number of hydrogen-bond acceptors (Lipinski definition) is 4. The zero-order chi connectivity index (χ0) is 27.0. The molecule has 116 valence electrons. The van der Waals surface area contributed by atoms with Gasteiger partial charge >= 0.3 is 6.09 Å². The molecule has 5 nitrogen and oxygen atoms in total. The van der Waals surface area contributed by atoms with Crippen molar-refractivity contribution in [3.63, 3.8) is 0 Å². The molecule has 1 amide bonds. The van der Waals surface area contributed by atoms with Gasteiger partial charge in [0, 0.05) is 40.3 Å². The van der Waals surface area contributed by atoms with Crippen LogP contribution in [0.15, 0.2) is 16.6 Å². The Bertz CT molecular complexity index is 979. The van der Waals surface area contributed by atoms with Gasteiger partial charge in [0.2, 0.25) is 0 Å². The fourth-order valence-corrected chi connectivity index (χ4v) is 1.63. The van der Waals surface area contributed by atoms with E-state index in [0.29, 0.717) is 0 Å². The summed E-state index contributed by atoms with van der Waals surface area (Å²) in [7, 11) is 0. The average molecular weight is 369 g/mol. The van der Waals surface area contributed by atoms with Crippen molar-refractivity contribution >= 4 is 27.8 Å². The van der Waals surface area contributed by atoms with Gasteiger partial charge in [-0.3, -0.25) is 0 Å². The van der Waals surface area contributed by atoms with Gasteiger partial charge in [0.1, 0.15) is 11.4 Å². The van der Waals surface area contributed by atoms with E-state index in [9.17, 15) is 4.79 Å². The second-order valence-corrected chi connectivity index (χ2v) is 5.74. The monoisotopic (exact) mass is 368 g/mol. The zero-order valence-electron chi connectivity index (χ0n) is 24.5. The molecular formula is C15H22BrN3O2. The van der Waals surface area contributed by atoms with E-state index in [-0.39, 0.29) is 9.80 Å². The molecule has 2 heterocycles. The maximum Gasteiger partial charge on any atom is 0.410 e. The molecular weight excluding hydrogens is 334 g/mol. The van der Waals surface area contributed by atoms with Crippen LogP contribution in [-0.2, 0) is 4.74 Å². The lowest BCUT2D eigenvalue weighted by molar-refractivity contribution is 0.0240. The molecule has 2 rings (SSSR count). The van der Waals surface area contributed by atoms with Gasteiger partial charge in [-0.1, -0.05) is 15.9 Å². The highest BCUT2D eigenvalue weighted by molar-refractivity contribution is 9.10. The number of aromatic nitrogens is 1. The van der Waals surface area contributed by atoms with Crippen molar-refractivity contribution < 1.29 is 27.4 Å². The highest BCUT2D eigenvalue weighted by atomic mass is 79.9. The lowest BCUT2D eigenvalue weighted by Gasteiger charge is -2.36. The third kappa shape index (κ3) is 4.59. The largest absolute Gasteiger partial charge is 0.444 e. The minimum atomic E-state index is -3.62. The Balaban J connectivity index is 2.90. The molecule has 1 aliphatic heterocycles. The van der Waals surface area contributed by atoms with Gasteiger partial charge in [0.05, 0.1) is 13.7 Å². The van der Waals surface area contributed by atoms with Crippen LogP contribution in [0.5, 0.6) is 0 Å². The molecule has 0 N–H and O–H groups in total. The standard InChI is InChI=1S/C15H22BrN3O2/c1-11-9-12(16)10-13(17-11)18-5-7-19(8-6-18)14(20)21-15(2,3)4/h9-10H,5-8H2,1-4H3/i1D3,5D2,6D2,7D2,8D2,9D,10D. The van der Waals surface area contributed by atoms with Crippen molar-refractivity contribution in [2.45, 2.75) is 33.2 Å². The number of anilines is 1. The number of amides is 1. The van der Waals surface area contributed by atoms with E-state index in [2.05, 4.69) is 20.9 Å². The lowest BCUT2D eigenvalue weighted by atomic mass is 10.2. The quantitative estimate of drug-likeness (QED) is 0.763. The second kappa shape index (κ2) is 6.22. The molecule has 0 aliphatic carbocycles. The SMILES string of the molecule is [2H]c1c(N2C([2H])([2H])C([2H])([2H])N(C(=O)OC(C)(C)C)C([2H])([2H])C2([2H])[2H])nc(C([2H])([2H])[2H])c([2H])c1Br. The minimum absolute atomic E-state index is 0.150. The van der Waals surface area contributed by atoms with E-state index in [4.69, 9.17) is 22.6 Å². The summed E-state index contributed by atoms with van der Waals surface area (Å²) in [5, 5.41) is 0. The van der Waals surface area contributed by atoms with Crippen molar-refractivity contribution in [2.75, 3.05) is 30.9 Å². The molecule has 0 spiro atoms. The number of halogens is 1. The van der Waals surface area contributed by atoms with E-state index in [1.165, 1.54) is 20.8 Å². The number of aryl methyl sites for hydroxylation is 1. The first-order chi connectivity index (χ1) is 14.8. The molecule has 1 fully saturated rings. The van der Waals surface area contributed by atoms with Gasteiger partial charge in [-0.15, -0.1) is 0 Å². The Hall–Kier alpha value is -1.30. The predicted molar refractivity (Wildman–Crippen MR) is 86.7 cm³/mol. The molecule has 0 saturated carbocycles. The van der Waals surface area contributed by atoms with Crippen LogP contribution in [0, 0.1) is 6.85 Å². The molecule has 0 aromatic carbocycles. The van der Waals surface area contributed by atoms with Crippen molar-refractivity contribution in [1.29, 1.82) is 0 Å². The molecule has 1 saturated heterocycles. The first-order valence-electron chi connectivity index (χ1n) is 12.3. The minimum Gasteiger partial charge on any atom is -0.444 e. The fourth-order valence-electron chi connectivity index (χ4n) is 1.26. The van der Waals surface area contributed by atoms with Gasteiger partial charge in [0.25, 0.3) is 0 Å². The Morgan fingerprint density at radius 3 is 2.67 bits per heavy atom. The van der Waals surface area contributed by atoms with Crippen LogP contribution >= 0.6 is 15.9 Å². The topological polar surface area (TPSA) is 45.7 Å². The number of piperazine rings is 1. The number of nitrogens with zero attached hydrogens (tertiary/aromatic N) is 3. The summed E-state index contributed by atoms with van der Waals surface area (Å²) in [5.74, 6) is -1.08. The smallest absolute Gasteiger partial charge is 0.410 e. The van der Waals surface area contributed by atoms with Gasteiger partial charge in [-0.2, -0.15) is 0 Å². The average Bonchev–Trinajstić information content (AvgIpc) is 2.57. The maximum atomic E-state index is 12.7. The first kappa shape index (κ1) is 6.07. The van der Waals surface area contributed by atoms with Crippen LogP contribution in [0.1, 0.15) is 44.3 Å². The van der Waals surface area contributed by atoms with Crippen molar-refractivity contribution in [2.24, 2.45) is 0 Å². The second-order valence-electron chi connectivity index (χ2n) is 4.95. The van der Waals surface area contributed by atoms with Gasteiger partial charge in [-0.25, -0.2) is 9.78 Å². The Morgan fingerprint density at radius 2 is 2.10 bits per heavy atom. The summed E-state index contributed by atoms with van der Waals surface area (Å²) in [6, 6.07) is -1.64. The van der Waals surface area contributed by atoms with E-state index in [1.54, 1.807) is 0 Å². The van der Waals surface area contributed by atoms with Crippen LogP contribution in [0.2, 0.25) is 0 Å². The van der Waals surface area contributed by atoms with E-state index < -0.39 is 72.6 Å². The summed E-state index contributed by atoms with van der Waals surface area (Å²) in [4.78, 5) is 15.8. The lowest BCUT2D eigenvalue weighted by Crippen LogP contribution is -2.50. The zero-order valence-corrected chi connectivity index (χ0v) is 13.1. The predicted octanol–water partition coefficient (Wildman–Crippen LogP) is 3.21. The van der Waals surface area contributed by atoms with Gasteiger partial charge in [0.15, 0.2) is 0 Å². The number of ether oxygens (including phenoxy) is 1. The highest BCUT2D eigenvalue weighted by Gasteiger charge is 2.26. The Kier molecular flexibility index (Phi) is 1.80. The Labute approximate surface area is 152 Å². The summed E-state index contributed by atoms with van der Waals surface area (Å²) < 4.78 is 110. The van der Waals surface area contributed by atoms with Crippen LogP contribution in [0.4, 0.5) is 10.6 Å². The van der Waals surface area contributed by atoms with Gasteiger partial charge in [-0.05, 0) is 39.7 Å². The van der Waals surface area contributed by atoms with Crippen LogP contribution in [0.3, 0.4) is 0 Å². The highest BCUT2D eigenvalue weighted by Crippen LogP contribution is 2.21. The number of carbonyl (C=O) groups excluding carboxylic acids is 1. The van der Waals surface area contributed by atoms with E-state index in [0.717, 1.165) is 0 Å². The summed E-state index contributed by atoms with van der Waals surface area (Å²) >= 11 is 2.83. The Morgan fingerprint density at radius 1 is 1.43 bits per heavy atom. The molecule has 1 aromatic heterocycles. The summed E-state index contributed by atoms with van der Waals surface area (Å²) in [6.45, 7) is -13.4. The molecule has 0 bridgehead atoms.